The van der Waals surface area contributed by atoms with Gasteiger partial charge in [-0.25, -0.2) is 0 Å². The van der Waals surface area contributed by atoms with Crippen LogP contribution in [0.2, 0.25) is 5.02 Å². The molecule has 0 aliphatic rings. The van der Waals surface area contributed by atoms with Crippen molar-refractivity contribution in [3.63, 3.8) is 0 Å². The SMILES string of the molecule is CCn1c(COc2ccccc2Cl)cc2cccc(CN)c21. The van der Waals surface area contributed by atoms with Crippen LogP contribution >= 0.6 is 11.6 Å². The van der Waals surface area contributed by atoms with Gasteiger partial charge in [0.05, 0.1) is 16.2 Å². The number of halogens is 1. The molecule has 22 heavy (non-hydrogen) atoms. The fourth-order valence-corrected chi connectivity index (χ4v) is 3.01. The number of nitrogens with zero attached hydrogens (tertiary/aromatic N) is 1. The van der Waals surface area contributed by atoms with Crippen molar-refractivity contribution in [3.8, 4) is 5.75 Å². The van der Waals surface area contributed by atoms with E-state index in [-0.39, 0.29) is 0 Å². The zero-order valence-corrected chi connectivity index (χ0v) is 13.3. The van der Waals surface area contributed by atoms with Gasteiger partial charge in [0.1, 0.15) is 12.4 Å². The predicted octanol–water partition coefficient (Wildman–Crippen LogP) is 4.35. The summed E-state index contributed by atoms with van der Waals surface area (Å²) in [6.07, 6.45) is 0. The average molecular weight is 315 g/mol. The predicted molar refractivity (Wildman–Crippen MR) is 91.3 cm³/mol. The maximum absolute atomic E-state index is 6.14. The van der Waals surface area contributed by atoms with Crippen molar-refractivity contribution >= 4 is 22.5 Å². The molecule has 0 amide bonds. The minimum Gasteiger partial charge on any atom is -0.486 e. The molecule has 2 N–H and O–H groups in total. The molecule has 2 aromatic carbocycles. The Bertz CT molecular complexity index is 795. The smallest absolute Gasteiger partial charge is 0.138 e. The van der Waals surface area contributed by atoms with Crippen LogP contribution in [0.1, 0.15) is 18.2 Å². The highest BCUT2D eigenvalue weighted by Gasteiger charge is 2.11. The van der Waals surface area contributed by atoms with Gasteiger partial charge < -0.3 is 15.0 Å². The number of ether oxygens (including phenoxy) is 1. The summed E-state index contributed by atoms with van der Waals surface area (Å²) in [5, 5.41) is 1.83. The van der Waals surface area contributed by atoms with Crippen molar-refractivity contribution in [2.75, 3.05) is 0 Å². The first-order valence-electron chi connectivity index (χ1n) is 7.42. The van der Waals surface area contributed by atoms with E-state index in [1.165, 1.54) is 10.9 Å². The number of para-hydroxylation sites is 2. The zero-order valence-electron chi connectivity index (χ0n) is 12.6. The molecule has 3 nitrogen and oxygen atoms in total. The molecule has 4 heteroatoms. The van der Waals surface area contributed by atoms with Crippen LogP contribution in [-0.2, 0) is 19.7 Å². The molecule has 114 valence electrons. The molecule has 0 aliphatic heterocycles. The molecule has 0 atom stereocenters. The van der Waals surface area contributed by atoms with Gasteiger partial charge in [-0.2, -0.15) is 0 Å². The number of nitrogens with two attached hydrogens (primary N) is 1. The molecule has 0 saturated heterocycles. The molecular formula is C18H19ClN2O. The van der Waals surface area contributed by atoms with E-state index < -0.39 is 0 Å². The fourth-order valence-electron chi connectivity index (χ4n) is 2.82. The average Bonchev–Trinajstić information content (AvgIpc) is 2.91. The molecular weight excluding hydrogens is 296 g/mol. The minimum atomic E-state index is 0.482. The van der Waals surface area contributed by atoms with E-state index in [1.54, 1.807) is 0 Å². The van der Waals surface area contributed by atoms with Crippen LogP contribution in [0.3, 0.4) is 0 Å². The summed E-state index contributed by atoms with van der Waals surface area (Å²) < 4.78 is 8.14. The van der Waals surface area contributed by atoms with E-state index in [1.807, 2.05) is 30.3 Å². The summed E-state index contributed by atoms with van der Waals surface area (Å²) in [7, 11) is 0. The first-order valence-corrected chi connectivity index (χ1v) is 7.79. The van der Waals surface area contributed by atoms with E-state index >= 15 is 0 Å². The van der Waals surface area contributed by atoms with E-state index in [0.717, 1.165) is 17.8 Å². The Morgan fingerprint density at radius 2 is 1.95 bits per heavy atom. The molecule has 0 saturated carbocycles. The summed E-state index contributed by atoms with van der Waals surface area (Å²) in [6.45, 7) is 4.02. The van der Waals surface area contributed by atoms with Crippen LogP contribution in [0.15, 0.2) is 48.5 Å². The van der Waals surface area contributed by atoms with Gasteiger partial charge in [0, 0.05) is 18.5 Å². The van der Waals surface area contributed by atoms with E-state index in [2.05, 4.69) is 29.7 Å². The minimum absolute atomic E-state index is 0.482. The summed E-state index contributed by atoms with van der Waals surface area (Å²) in [5.41, 5.74) is 9.35. The van der Waals surface area contributed by atoms with Gasteiger partial charge in [0.2, 0.25) is 0 Å². The molecule has 1 heterocycles. The monoisotopic (exact) mass is 314 g/mol. The standard InChI is InChI=1S/C18H19ClN2O/c1-2-21-15(12-22-17-9-4-3-8-16(17)19)10-13-6-5-7-14(11-20)18(13)21/h3-10H,2,11-12,20H2,1H3. The van der Waals surface area contributed by atoms with Crippen LogP contribution in [0.25, 0.3) is 10.9 Å². The van der Waals surface area contributed by atoms with E-state index in [9.17, 15) is 0 Å². The third-order valence-corrected chi connectivity index (χ3v) is 4.15. The summed E-state index contributed by atoms with van der Waals surface area (Å²) in [4.78, 5) is 0. The van der Waals surface area contributed by atoms with Crippen LogP contribution in [0, 0.1) is 0 Å². The summed E-state index contributed by atoms with van der Waals surface area (Å²) in [5.74, 6) is 0.705. The van der Waals surface area contributed by atoms with Crippen molar-refractivity contribution in [2.24, 2.45) is 5.73 Å². The lowest BCUT2D eigenvalue weighted by Gasteiger charge is -2.12. The Morgan fingerprint density at radius 1 is 1.14 bits per heavy atom. The highest BCUT2D eigenvalue weighted by molar-refractivity contribution is 6.32. The van der Waals surface area contributed by atoms with Crippen molar-refractivity contribution in [2.45, 2.75) is 26.6 Å². The number of hydrogen-bond acceptors (Lipinski definition) is 2. The molecule has 3 aromatic rings. The third-order valence-electron chi connectivity index (χ3n) is 3.84. The second kappa shape index (κ2) is 6.42. The Hall–Kier alpha value is -1.97. The second-order valence-electron chi connectivity index (χ2n) is 5.16. The lowest BCUT2D eigenvalue weighted by molar-refractivity contribution is 0.296. The summed E-state index contributed by atoms with van der Waals surface area (Å²) >= 11 is 6.14. The second-order valence-corrected chi connectivity index (χ2v) is 5.57. The highest BCUT2D eigenvalue weighted by atomic mass is 35.5. The van der Waals surface area contributed by atoms with Crippen molar-refractivity contribution < 1.29 is 4.74 Å². The largest absolute Gasteiger partial charge is 0.486 e. The van der Waals surface area contributed by atoms with Gasteiger partial charge in [0.15, 0.2) is 0 Å². The first-order chi connectivity index (χ1) is 10.7. The third kappa shape index (κ3) is 2.70. The Kier molecular flexibility index (Phi) is 4.36. The lowest BCUT2D eigenvalue weighted by Crippen LogP contribution is -2.07. The summed E-state index contributed by atoms with van der Waals surface area (Å²) in [6, 6.07) is 15.9. The zero-order chi connectivity index (χ0) is 15.5. The molecule has 0 fully saturated rings. The number of hydrogen-bond donors (Lipinski definition) is 1. The topological polar surface area (TPSA) is 40.2 Å². The van der Waals surface area contributed by atoms with Crippen molar-refractivity contribution in [1.82, 2.24) is 4.57 Å². The maximum Gasteiger partial charge on any atom is 0.138 e. The highest BCUT2D eigenvalue weighted by Crippen LogP contribution is 2.27. The van der Waals surface area contributed by atoms with Crippen molar-refractivity contribution in [1.29, 1.82) is 0 Å². The maximum atomic E-state index is 6.14. The van der Waals surface area contributed by atoms with Crippen molar-refractivity contribution in [3.05, 3.63) is 64.8 Å². The molecule has 1 aromatic heterocycles. The molecule has 3 rings (SSSR count). The normalized spacial score (nSPS) is 11.0. The van der Waals surface area contributed by atoms with Gasteiger partial charge in [-0.05, 0) is 30.7 Å². The number of benzene rings is 2. The van der Waals surface area contributed by atoms with Crippen LogP contribution in [0.5, 0.6) is 5.75 Å². The number of aromatic nitrogens is 1. The Morgan fingerprint density at radius 3 is 2.68 bits per heavy atom. The Balaban J connectivity index is 1.96. The quantitative estimate of drug-likeness (QED) is 0.760. The fraction of sp³-hybridized carbons (Fsp3) is 0.222. The lowest BCUT2D eigenvalue weighted by atomic mass is 10.1. The van der Waals surface area contributed by atoms with Gasteiger partial charge in [-0.1, -0.05) is 41.9 Å². The molecule has 0 aliphatic carbocycles. The van der Waals surface area contributed by atoms with Crippen LogP contribution in [-0.4, -0.2) is 4.57 Å². The van der Waals surface area contributed by atoms with Gasteiger partial charge in [-0.15, -0.1) is 0 Å². The van der Waals surface area contributed by atoms with Gasteiger partial charge >= 0.3 is 0 Å². The number of fused-ring (bicyclic) bond motifs is 1. The number of rotatable bonds is 5. The molecule has 0 bridgehead atoms. The van der Waals surface area contributed by atoms with Crippen LogP contribution < -0.4 is 10.5 Å². The molecule has 0 unspecified atom stereocenters. The number of aryl methyl sites for hydroxylation is 1. The van der Waals surface area contributed by atoms with E-state index in [0.29, 0.717) is 23.9 Å². The first kappa shape index (κ1) is 14.9. The van der Waals surface area contributed by atoms with Gasteiger partial charge in [0.25, 0.3) is 0 Å². The molecule has 0 spiro atoms. The molecule has 0 radical (unpaired) electrons. The van der Waals surface area contributed by atoms with Gasteiger partial charge in [-0.3, -0.25) is 0 Å². The Labute approximate surface area is 135 Å². The van der Waals surface area contributed by atoms with Crippen LogP contribution in [0.4, 0.5) is 0 Å². The van der Waals surface area contributed by atoms with E-state index in [4.69, 9.17) is 22.1 Å².